The minimum absolute atomic E-state index is 0.0281. The van der Waals surface area contributed by atoms with E-state index in [4.69, 9.17) is 49.0 Å². The van der Waals surface area contributed by atoms with E-state index in [9.17, 15) is 4.79 Å². The molecule has 7 heteroatoms. The summed E-state index contributed by atoms with van der Waals surface area (Å²) in [6, 6.07) is 19.8. The molecular weight excluding hydrogens is 471 g/mol. The molecule has 172 valence electrons. The Balaban J connectivity index is 2.36. The lowest BCUT2D eigenvalue weighted by atomic mass is 9.72. The molecule has 2 aromatic rings. The Morgan fingerprint density at radius 1 is 0.906 bits per heavy atom. The van der Waals surface area contributed by atoms with E-state index in [0.717, 1.165) is 11.1 Å². The molecule has 1 unspecified atom stereocenters. The molecule has 0 heterocycles. The summed E-state index contributed by atoms with van der Waals surface area (Å²) in [6.07, 6.45) is -0.0810. The van der Waals surface area contributed by atoms with Crippen LogP contribution in [-0.2, 0) is 24.4 Å². The molecule has 0 fully saturated rings. The second kappa shape index (κ2) is 12.5. The Hall–Kier alpha value is -1.74. The van der Waals surface area contributed by atoms with Gasteiger partial charge in [0, 0.05) is 12.3 Å². The van der Waals surface area contributed by atoms with E-state index in [1.165, 1.54) is 0 Å². The predicted octanol–water partition coefficient (Wildman–Crippen LogP) is 6.07. The summed E-state index contributed by atoms with van der Waals surface area (Å²) in [6.45, 7) is 5.69. The van der Waals surface area contributed by atoms with Gasteiger partial charge < -0.3 is 14.2 Å². The Labute approximate surface area is 205 Å². The third-order valence-corrected chi connectivity index (χ3v) is 4.96. The van der Waals surface area contributed by atoms with Gasteiger partial charge in [-0.05, 0) is 31.9 Å². The minimum atomic E-state index is -1.68. The molecule has 0 spiro atoms. The van der Waals surface area contributed by atoms with Crippen LogP contribution < -0.4 is 0 Å². The van der Waals surface area contributed by atoms with Crippen LogP contribution in [0.2, 0.25) is 0 Å². The molecule has 0 radical (unpaired) electrons. The van der Waals surface area contributed by atoms with Crippen molar-refractivity contribution in [2.75, 3.05) is 13.2 Å². The molecule has 0 N–H and O–H groups in total. The molecule has 0 aliphatic heterocycles. The van der Waals surface area contributed by atoms with Gasteiger partial charge in [-0.2, -0.15) is 0 Å². The van der Waals surface area contributed by atoms with E-state index in [1.807, 2.05) is 81.4 Å². The SMILES string of the molecule is CC(C)OC(C)OCC(CC#CC(=O)OCC(Cl)(Cl)Cl)(c1ccccc1)c1ccccc1. The number of hydrogen-bond acceptors (Lipinski definition) is 4. The number of esters is 1. The van der Waals surface area contributed by atoms with E-state index in [0.29, 0.717) is 13.0 Å². The average Bonchev–Trinajstić information content (AvgIpc) is 2.75. The first-order chi connectivity index (χ1) is 15.1. The Bertz CT molecular complexity index is 860. The predicted molar refractivity (Wildman–Crippen MR) is 129 cm³/mol. The first-order valence-electron chi connectivity index (χ1n) is 10.2. The molecule has 0 saturated carbocycles. The summed E-state index contributed by atoms with van der Waals surface area (Å²) in [4.78, 5) is 12.0. The van der Waals surface area contributed by atoms with Crippen LogP contribution in [0, 0.1) is 11.8 Å². The molecule has 4 nitrogen and oxygen atoms in total. The van der Waals surface area contributed by atoms with Gasteiger partial charge in [0.25, 0.3) is 0 Å². The second-order valence-electron chi connectivity index (χ2n) is 7.55. The Morgan fingerprint density at radius 2 is 1.44 bits per heavy atom. The van der Waals surface area contributed by atoms with Gasteiger partial charge in [0.2, 0.25) is 3.79 Å². The van der Waals surface area contributed by atoms with E-state index in [2.05, 4.69) is 11.8 Å². The fraction of sp³-hybridized carbons (Fsp3) is 0.400. The standard InChI is InChI=1S/C25H27Cl3O4/c1-19(2)32-20(3)30-17-24(21-11-6-4-7-12-21,22-13-8-5-9-14-22)16-10-15-23(29)31-18-25(26,27)28/h4-9,11-14,19-20H,16-18H2,1-3H3. The van der Waals surface area contributed by atoms with Gasteiger partial charge >= 0.3 is 5.97 Å². The number of rotatable bonds is 9. The zero-order chi connectivity index (χ0) is 23.6. The lowest BCUT2D eigenvalue weighted by molar-refractivity contribution is -0.158. The molecule has 0 bridgehead atoms. The van der Waals surface area contributed by atoms with Crippen molar-refractivity contribution in [3.8, 4) is 11.8 Å². The molecule has 2 aromatic carbocycles. The fourth-order valence-corrected chi connectivity index (χ4v) is 3.40. The van der Waals surface area contributed by atoms with Crippen molar-refractivity contribution in [3.05, 3.63) is 71.8 Å². The van der Waals surface area contributed by atoms with Crippen molar-refractivity contribution in [2.45, 2.75) is 48.8 Å². The van der Waals surface area contributed by atoms with Crippen LogP contribution in [0.15, 0.2) is 60.7 Å². The number of ether oxygens (including phenoxy) is 3. The van der Waals surface area contributed by atoms with Crippen LogP contribution in [-0.4, -0.2) is 35.4 Å². The number of carbonyl (C=O) groups is 1. The lowest BCUT2D eigenvalue weighted by Crippen LogP contribution is -2.35. The zero-order valence-electron chi connectivity index (χ0n) is 18.3. The highest BCUT2D eigenvalue weighted by Crippen LogP contribution is 2.36. The lowest BCUT2D eigenvalue weighted by Gasteiger charge is -2.34. The molecule has 0 aliphatic rings. The zero-order valence-corrected chi connectivity index (χ0v) is 20.6. The van der Waals surface area contributed by atoms with Crippen molar-refractivity contribution < 1.29 is 19.0 Å². The summed E-state index contributed by atoms with van der Waals surface area (Å²) >= 11 is 16.9. The van der Waals surface area contributed by atoms with Crippen LogP contribution >= 0.6 is 34.8 Å². The van der Waals surface area contributed by atoms with Gasteiger partial charge in [-0.15, -0.1) is 0 Å². The van der Waals surface area contributed by atoms with Crippen molar-refractivity contribution in [1.82, 2.24) is 0 Å². The molecular formula is C25H27Cl3O4. The van der Waals surface area contributed by atoms with E-state index < -0.39 is 21.5 Å². The molecule has 0 aliphatic carbocycles. The van der Waals surface area contributed by atoms with Crippen molar-refractivity contribution in [1.29, 1.82) is 0 Å². The molecule has 1 atom stereocenters. The topological polar surface area (TPSA) is 44.8 Å². The number of hydrogen-bond donors (Lipinski definition) is 0. The fourth-order valence-electron chi connectivity index (χ4n) is 3.24. The normalized spacial score (nSPS) is 12.7. The smallest absolute Gasteiger partial charge is 0.384 e. The number of benzene rings is 2. The van der Waals surface area contributed by atoms with Gasteiger partial charge in [0.15, 0.2) is 6.29 Å². The summed E-state index contributed by atoms with van der Waals surface area (Å²) in [5, 5.41) is 0. The molecule has 0 amide bonds. The Morgan fingerprint density at radius 3 is 1.91 bits per heavy atom. The van der Waals surface area contributed by atoms with Gasteiger partial charge in [0.1, 0.15) is 6.61 Å². The molecule has 2 rings (SSSR count). The van der Waals surface area contributed by atoms with Crippen LogP contribution in [0.5, 0.6) is 0 Å². The molecule has 0 saturated heterocycles. The maximum absolute atomic E-state index is 12.0. The number of alkyl halides is 3. The van der Waals surface area contributed by atoms with Gasteiger partial charge in [-0.25, -0.2) is 4.79 Å². The quantitative estimate of drug-likeness (QED) is 0.139. The van der Waals surface area contributed by atoms with Gasteiger partial charge in [-0.1, -0.05) is 101 Å². The highest BCUT2D eigenvalue weighted by molar-refractivity contribution is 6.67. The number of carbonyl (C=O) groups excluding carboxylic acids is 1. The van der Waals surface area contributed by atoms with Crippen LogP contribution in [0.1, 0.15) is 38.3 Å². The number of halogens is 3. The third-order valence-electron chi connectivity index (χ3n) is 4.63. The highest BCUT2D eigenvalue weighted by Gasteiger charge is 2.35. The largest absolute Gasteiger partial charge is 0.452 e. The Kier molecular flexibility index (Phi) is 10.3. The van der Waals surface area contributed by atoms with E-state index in [-0.39, 0.29) is 12.7 Å². The second-order valence-corrected chi connectivity index (χ2v) is 10.1. The van der Waals surface area contributed by atoms with Crippen LogP contribution in [0.3, 0.4) is 0 Å². The van der Waals surface area contributed by atoms with Crippen LogP contribution in [0.4, 0.5) is 0 Å². The first kappa shape index (κ1) is 26.5. The maximum Gasteiger partial charge on any atom is 0.384 e. The van der Waals surface area contributed by atoms with E-state index in [1.54, 1.807) is 0 Å². The van der Waals surface area contributed by atoms with Gasteiger partial charge in [-0.3, -0.25) is 0 Å². The summed E-state index contributed by atoms with van der Waals surface area (Å²) in [5.74, 6) is 4.68. The summed E-state index contributed by atoms with van der Waals surface area (Å²) in [5.41, 5.74) is 1.37. The summed E-state index contributed by atoms with van der Waals surface area (Å²) in [7, 11) is 0. The first-order valence-corrected chi connectivity index (χ1v) is 11.4. The van der Waals surface area contributed by atoms with Crippen molar-refractivity contribution in [3.63, 3.8) is 0 Å². The average molecular weight is 498 g/mol. The van der Waals surface area contributed by atoms with Crippen LogP contribution in [0.25, 0.3) is 0 Å². The maximum atomic E-state index is 12.0. The minimum Gasteiger partial charge on any atom is -0.452 e. The highest BCUT2D eigenvalue weighted by atomic mass is 35.6. The molecule has 0 aromatic heterocycles. The van der Waals surface area contributed by atoms with Crippen molar-refractivity contribution in [2.24, 2.45) is 0 Å². The molecule has 32 heavy (non-hydrogen) atoms. The summed E-state index contributed by atoms with van der Waals surface area (Å²) < 4.78 is 15.1. The van der Waals surface area contributed by atoms with E-state index >= 15 is 0 Å². The van der Waals surface area contributed by atoms with Crippen molar-refractivity contribution >= 4 is 40.8 Å². The third kappa shape index (κ3) is 8.65. The van der Waals surface area contributed by atoms with Gasteiger partial charge in [0.05, 0.1) is 18.1 Å². The monoisotopic (exact) mass is 496 g/mol.